The zero-order valence-electron chi connectivity index (χ0n) is 16.8. The molecule has 0 saturated carbocycles. The molecule has 1 N–H and O–H groups in total. The number of rotatable bonds is 5. The Bertz CT molecular complexity index is 584. The molecule has 2 nitrogen and oxygen atoms in total. The second-order valence-electron chi connectivity index (χ2n) is 8.81. The van der Waals surface area contributed by atoms with E-state index >= 15 is 0 Å². The molecule has 0 spiro atoms. The Kier molecular flexibility index (Phi) is 6.74. The molecule has 0 aliphatic heterocycles. The first kappa shape index (κ1) is 22.1. The summed E-state index contributed by atoms with van der Waals surface area (Å²) in [6.45, 7) is 21.5. The van der Waals surface area contributed by atoms with Gasteiger partial charge in [-0.05, 0) is 79.8 Å². The number of aliphatic hydroxyl groups is 1. The Labute approximate surface area is 162 Å². The normalized spacial score (nSPS) is 13.3. The molecule has 0 radical (unpaired) electrons. The number of hydrogen-bond acceptors (Lipinski definition) is 3. The van der Waals surface area contributed by atoms with E-state index in [2.05, 4.69) is 70.6 Å². The van der Waals surface area contributed by atoms with Crippen LogP contribution in [-0.2, 0) is 0 Å². The van der Waals surface area contributed by atoms with E-state index in [0.717, 1.165) is 15.8 Å². The highest BCUT2D eigenvalue weighted by atomic mass is 79.9. The van der Waals surface area contributed by atoms with Crippen molar-refractivity contribution in [3.8, 4) is 5.75 Å². The summed E-state index contributed by atoms with van der Waals surface area (Å²) < 4.78 is 7.73. The molecule has 0 aliphatic rings. The van der Waals surface area contributed by atoms with Crippen LogP contribution in [0.25, 0.3) is 0 Å². The van der Waals surface area contributed by atoms with Crippen LogP contribution in [0.15, 0.2) is 9.37 Å². The van der Waals surface area contributed by atoms with Gasteiger partial charge < -0.3 is 9.53 Å². The summed E-state index contributed by atoms with van der Waals surface area (Å²) in [6, 6.07) is 0. The molecule has 24 heavy (non-hydrogen) atoms. The number of halogens is 1. The van der Waals surface area contributed by atoms with Crippen LogP contribution in [0.5, 0.6) is 5.75 Å². The van der Waals surface area contributed by atoms with Crippen molar-refractivity contribution >= 4 is 36.0 Å². The van der Waals surface area contributed by atoms with Crippen molar-refractivity contribution in [2.45, 2.75) is 84.0 Å². The van der Waals surface area contributed by atoms with Gasteiger partial charge in [0.25, 0.3) is 8.32 Å². The van der Waals surface area contributed by atoms with Crippen molar-refractivity contribution in [2.24, 2.45) is 0 Å². The largest absolute Gasteiger partial charge is 0.543 e. The minimum atomic E-state index is -1.89. The van der Waals surface area contributed by atoms with Crippen LogP contribution in [-0.4, -0.2) is 24.8 Å². The second kappa shape index (κ2) is 7.34. The maximum atomic E-state index is 10.0. The van der Waals surface area contributed by atoms with Gasteiger partial charge in [0.05, 0.1) is 5.60 Å². The number of benzene rings is 1. The minimum Gasteiger partial charge on any atom is -0.543 e. The molecular formula is C19H33BrO2SSi. The summed E-state index contributed by atoms with van der Waals surface area (Å²) in [5.41, 5.74) is 2.91. The Morgan fingerprint density at radius 1 is 1.00 bits per heavy atom. The lowest BCUT2D eigenvalue weighted by Gasteiger charge is -2.38. The molecule has 0 aliphatic carbocycles. The van der Waals surface area contributed by atoms with Crippen molar-refractivity contribution in [3.63, 3.8) is 0 Å². The van der Waals surface area contributed by atoms with Crippen LogP contribution >= 0.6 is 27.7 Å². The fraction of sp³-hybridized carbons (Fsp3) is 0.684. The molecule has 0 fully saturated rings. The molecule has 138 valence electrons. The van der Waals surface area contributed by atoms with Crippen molar-refractivity contribution in [3.05, 3.63) is 21.2 Å². The zero-order valence-corrected chi connectivity index (χ0v) is 20.3. The van der Waals surface area contributed by atoms with Crippen LogP contribution in [0.4, 0.5) is 0 Å². The third-order valence-corrected chi connectivity index (χ3v) is 12.1. The first-order chi connectivity index (χ1) is 10.6. The summed E-state index contributed by atoms with van der Waals surface area (Å²) in [6.07, 6.45) is 0. The lowest BCUT2D eigenvalue weighted by atomic mass is 10.1. The average Bonchev–Trinajstić information content (AvgIpc) is 2.39. The number of hydrogen-bond donors (Lipinski definition) is 1. The molecule has 0 atom stereocenters. The highest BCUT2D eigenvalue weighted by molar-refractivity contribution is 9.10. The summed E-state index contributed by atoms with van der Waals surface area (Å²) in [4.78, 5) is 1.20. The maximum Gasteiger partial charge on any atom is 0.250 e. The first-order valence-electron chi connectivity index (χ1n) is 8.42. The van der Waals surface area contributed by atoms with E-state index in [1.165, 1.54) is 16.0 Å². The van der Waals surface area contributed by atoms with Gasteiger partial charge in [-0.3, -0.25) is 0 Å². The van der Waals surface area contributed by atoms with Gasteiger partial charge in [-0.2, -0.15) is 0 Å². The standard InChI is InChI=1S/C19H33BrO2SSi/c1-12-13(2)17(23-11-19(7,8)21)15(20)14(3)16(12)22-24(9,10)18(4,5)6/h21H,11H2,1-10H3. The van der Waals surface area contributed by atoms with E-state index in [1.807, 2.05) is 13.8 Å². The number of thioether (sulfide) groups is 1. The topological polar surface area (TPSA) is 29.5 Å². The van der Waals surface area contributed by atoms with E-state index in [0.29, 0.717) is 5.75 Å². The van der Waals surface area contributed by atoms with Gasteiger partial charge in [0.15, 0.2) is 0 Å². The van der Waals surface area contributed by atoms with Crippen LogP contribution < -0.4 is 4.43 Å². The quantitative estimate of drug-likeness (QED) is 0.418. The molecule has 0 saturated heterocycles. The molecule has 0 heterocycles. The van der Waals surface area contributed by atoms with Crippen LogP contribution in [0.2, 0.25) is 18.1 Å². The SMILES string of the molecule is Cc1c(C)c(SCC(C)(C)O)c(Br)c(C)c1O[Si](C)(C)C(C)(C)C. The smallest absolute Gasteiger partial charge is 0.250 e. The van der Waals surface area contributed by atoms with Gasteiger partial charge in [0.2, 0.25) is 0 Å². The monoisotopic (exact) mass is 432 g/mol. The van der Waals surface area contributed by atoms with E-state index < -0.39 is 13.9 Å². The van der Waals surface area contributed by atoms with Crippen molar-refractivity contribution in [1.82, 2.24) is 0 Å². The lowest BCUT2D eigenvalue weighted by molar-refractivity contribution is 0.107. The Balaban J connectivity index is 3.33. The summed E-state index contributed by atoms with van der Waals surface area (Å²) in [5.74, 6) is 1.69. The van der Waals surface area contributed by atoms with E-state index in [4.69, 9.17) is 4.43 Å². The van der Waals surface area contributed by atoms with Crippen molar-refractivity contribution in [1.29, 1.82) is 0 Å². The lowest BCUT2D eigenvalue weighted by Crippen LogP contribution is -2.44. The maximum absolute atomic E-state index is 10.0. The first-order valence-corrected chi connectivity index (χ1v) is 13.1. The predicted molar refractivity (Wildman–Crippen MR) is 113 cm³/mol. The van der Waals surface area contributed by atoms with E-state index in [-0.39, 0.29) is 5.04 Å². The third-order valence-electron chi connectivity index (χ3n) is 4.85. The molecule has 1 rings (SSSR count). The van der Waals surface area contributed by atoms with Crippen LogP contribution in [0.3, 0.4) is 0 Å². The molecule has 0 amide bonds. The molecular weight excluding hydrogens is 400 g/mol. The minimum absolute atomic E-state index is 0.167. The summed E-state index contributed by atoms with van der Waals surface area (Å²) in [7, 11) is -1.89. The third kappa shape index (κ3) is 5.02. The zero-order chi connectivity index (χ0) is 19.1. The van der Waals surface area contributed by atoms with Gasteiger partial charge in [-0.1, -0.05) is 20.8 Å². The van der Waals surface area contributed by atoms with Gasteiger partial charge in [-0.15, -0.1) is 11.8 Å². The molecule has 1 aromatic carbocycles. The fourth-order valence-electron chi connectivity index (χ4n) is 2.04. The summed E-state index contributed by atoms with van der Waals surface area (Å²) >= 11 is 5.47. The summed E-state index contributed by atoms with van der Waals surface area (Å²) in [5, 5.41) is 10.2. The molecule has 0 bridgehead atoms. The molecule has 1 aromatic rings. The van der Waals surface area contributed by atoms with E-state index in [9.17, 15) is 5.11 Å². The van der Waals surface area contributed by atoms with Crippen LogP contribution in [0, 0.1) is 20.8 Å². The second-order valence-corrected chi connectivity index (χ2v) is 15.3. The van der Waals surface area contributed by atoms with Gasteiger partial charge in [0.1, 0.15) is 5.75 Å². The average molecular weight is 434 g/mol. The van der Waals surface area contributed by atoms with Crippen molar-refractivity contribution < 1.29 is 9.53 Å². The fourth-order valence-corrected chi connectivity index (χ4v) is 5.13. The highest BCUT2D eigenvalue weighted by Gasteiger charge is 2.40. The Morgan fingerprint density at radius 3 is 1.92 bits per heavy atom. The van der Waals surface area contributed by atoms with Gasteiger partial charge >= 0.3 is 0 Å². The van der Waals surface area contributed by atoms with Crippen molar-refractivity contribution in [2.75, 3.05) is 5.75 Å². The Morgan fingerprint density at radius 2 is 1.50 bits per heavy atom. The highest BCUT2D eigenvalue weighted by Crippen LogP contribution is 2.45. The van der Waals surface area contributed by atoms with E-state index in [1.54, 1.807) is 11.8 Å². The van der Waals surface area contributed by atoms with Crippen LogP contribution in [0.1, 0.15) is 51.3 Å². The predicted octanol–water partition coefficient (Wildman–Crippen LogP) is 6.62. The Hall–Kier alpha value is 0.0269. The van der Waals surface area contributed by atoms with Gasteiger partial charge in [-0.25, -0.2) is 0 Å². The molecule has 5 heteroatoms. The van der Waals surface area contributed by atoms with Gasteiger partial charge in [0, 0.05) is 20.7 Å². The molecule has 0 unspecified atom stereocenters. The molecule has 0 aromatic heterocycles.